The van der Waals surface area contributed by atoms with E-state index in [-0.39, 0.29) is 19.4 Å². The Morgan fingerprint density at radius 1 is 1.42 bits per heavy atom. The average Bonchev–Trinajstić information content (AvgIpc) is 2.90. The summed E-state index contributed by atoms with van der Waals surface area (Å²) in [5.41, 5.74) is -1.26. The van der Waals surface area contributed by atoms with Crippen molar-refractivity contribution in [2.75, 3.05) is 13.2 Å². The van der Waals surface area contributed by atoms with Gasteiger partial charge in [-0.15, -0.1) is 0 Å². The lowest BCUT2D eigenvalue weighted by Crippen LogP contribution is -2.59. The summed E-state index contributed by atoms with van der Waals surface area (Å²) in [4.78, 5) is 23.0. The standard InChI is InChI=1S/C11H15N3O5/c15-9(16)11(2-5-18-6-3-11)14-10(17)12-7-8-1-4-13-19-8/h1,4H,2-3,5-7H2,(H,15,16)(H2,12,14,17). The molecule has 0 bridgehead atoms. The van der Waals surface area contributed by atoms with Crippen LogP contribution in [0.4, 0.5) is 4.79 Å². The number of ether oxygens (including phenoxy) is 1. The Bertz CT molecular complexity index is 439. The highest BCUT2D eigenvalue weighted by molar-refractivity contribution is 5.86. The summed E-state index contributed by atoms with van der Waals surface area (Å²) in [7, 11) is 0. The van der Waals surface area contributed by atoms with Gasteiger partial charge in [0.1, 0.15) is 5.54 Å². The zero-order chi connectivity index (χ0) is 13.7. The van der Waals surface area contributed by atoms with E-state index in [4.69, 9.17) is 9.26 Å². The van der Waals surface area contributed by atoms with Crippen LogP contribution in [0, 0.1) is 0 Å². The highest BCUT2D eigenvalue weighted by Crippen LogP contribution is 2.20. The van der Waals surface area contributed by atoms with Crippen molar-refractivity contribution in [3.05, 3.63) is 18.0 Å². The summed E-state index contributed by atoms with van der Waals surface area (Å²) in [5.74, 6) is -0.558. The largest absolute Gasteiger partial charge is 0.480 e. The molecule has 0 spiro atoms. The SMILES string of the molecule is O=C(NCc1ccno1)NC1(C(=O)O)CCOCC1. The van der Waals surface area contributed by atoms with E-state index < -0.39 is 17.5 Å². The predicted molar refractivity (Wildman–Crippen MR) is 62.3 cm³/mol. The van der Waals surface area contributed by atoms with Crippen molar-refractivity contribution in [2.45, 2.75) is 24.9 Å². The Kier molecular flexibility index (Phi) is 4.00. The Labute approximate surface area is 109 Å². The highest BCUT2D eigenvalue weighted by atomic mass is 16.5. The van der Waals surface area contributed by atoms with Gasteiger partial charge in [0.15, 0.2) is 5.76 Å². The lowest BCUT2D eigenvalue weighted by atomic mass is 9.90. The number of rotatable bonds is 4. The first kappa shape index (κ1) is 13.3. The van der Waals surface area contributed by atoms with Crippen molar-refractivity contribution >= 4 is 12.0 Å². The zero-order valence-corrected chi connectivity index (χ0v) is 10.2. The third-order valence-corrected chi connectivity index (χ3v) is 3.02. The number of hydrogen-bond acceptors (Lipinski definition) is 5. The molecule has 0 unspecified atom stereocenters. The molecule has 0 atom stereocenters. The van der Waals surface area contributed by atoms with E-state index >= 15 is 0 Å². The van der Waals surface area contributed by atoms with E-state index in [9.17, 15) is 14.7 Å². The summed E-state index contributed by atoms with van der Waals surface area (Å²) in [5, 5.41) is 17.8. The molecule has 0 aromatic carbocycles. The summed E-state index contributed by atoms with van der Waals surface area (Å²) in [6.45, 7) is 0.779. The van der Waals surface area contributed by atoms with Gasteiger partial charge < -0.3 is 25.0 Å². The quantitative estimate of drug-likeness (QED) is 0.714. The molecule has 0 aliphatic carbocycles. The summed E-state index contributed by atoms with van der Waals surface area (Å²) < 4.78 is 9.93. The summed E-state index contributed by atoms with van der Waals surface area (Å²) in [6.07, 6.45) is 1.96. The van der Waals surface area contributed by atoms with Gasteiger partial charge in [0.25, 0.3) is 0 Å². The van der Waals surface area contributed by atoms with Crippen LogP contribution in [-0.2, 0) is 16.1 Å². The number of nitrogens with zero attached hydrogens (tertiary/aromatic N) is 1. The van der Waals surface area contributed by atoms with E-state index in [1.165, 1.54) is 6.20 Å². The maximum Gasteiger partial charge on any atom is 0.329 e. The molecular formula is C11H15N3O5. The van der Waals surface area contributed by atoms with Crippen molar-refractivity contribution in [3.8, 4) is 0 Å². The molecule has 1 aromatic heterocycles. The first-order chi connectivity index (χ1) is 9.12. The van der Waals surface area contributed by atoms with Gasteiger partial charge in [-0.2, -0.15) is 0 Å². The van der Waals surface area contributed by atoms with Crippen LogP contribution in [-0.4, -0.2) is 41.0 Å². The molecule has 8 heteroatoms. The van der Waals surface area contributed by atoms with Crippen LogP contribution in [0.5, 0.6) is 0 Å². The Balaban J connectivity index is 1.90. The number of nitrogens with one attached hydrogen (secondary N) is 2. The number of aromatic nitrogens is 1. The zero-order valence-electron chi connectivity index (χ0n) is 10.2. The van der Waals surface area contributed by atoms with Gasteiger partial charge >= 0.3 is 12.0 Å². The van der Waals surface area contributed by atoms with Crippen LogP contribution < -0.4 is 10.6 Å². The van der Waals surface area contributed by atoms with E-state index in [0.29, 0.717) is 19.0 Å². The normalized spacial score (nSPS) is 17.7. The monoisotopic (exact) mass is 269 g/mol. The van der Waals surface area contributed by atoms with Crippen molar-refractivity contribution in [1.29, 1.82) is 0 Å². The van der Waals surface area contributed by atoms with E-state index in [1.807, 2.05) is 0 Å². The molecule has 104 valence electrons. The lowest BCUT2D eigenvalue weighted by Gasteiger charge is -2.33. The van der Waals surface area contributed by atoms with Crippen LogP contribution in [0.3, 0.4) is 0 Å². The average molecular weight is 269 g/mol. The highest BCUT2D eigenvalue weighted by Gasteiger charge is 2.41. The number of carbonyl (C=O) groups excluding carboxylic acids is 1. The van der Waals surface area contributed by atoms with Crippen LogP contribution in [0.15, 0.2) is 16.8 Å². The maximum absolute atomic E-state index is 11.7. The van der Waals surface area contributed by atoms with Gasteiger partial charge in [-0.3, -0.25) is 0 Å². The smallest absolute Gasteiger partial charge is 0.329 e. The molecule has 0 saturated carbocycles. The molecule has 3 N–H and O–H groups in total. The van der Waals surface area contributed by atoms with E-state index in [1.54, 1.807) is 6.07 Å². The number of amides is 2. The molecule has 2 amide bonds. The molecule has 1 fully saturated rings. The van der Waals surface area contributed by atoms with Gasteiger partial charge in [-0.05, 0) is 0 Å². The van der Waals surface area contributed by atoms with Crippen LogP contribution in [0.25, 0.3) is 0 Å². The second-order valence-electron chi connectivity index (χ2n) is 4.29. The van der Waals surface area contributed by atoms with Crippen molar-refractivity contribution in [1.82, 2.24) is 15.8 Å². The number of carboxylic acids is 1. The van der Waals surface area contributed by atoms with Crippen molar-refractivity contribution in [3.63, 3.8) is 0 Å². The number of carboxylic acid groups (broad SMARTS) is 1. The Morgan fingerprint density at radius 2 is 2.16 bits per heavy atom. The van der Waals surface area contributed by atoms with Gasteiger partial charge in [-0.1, -0.05) is 5.16 Å². The third-order valence-electron chi connectivity index (χ3n) is 3.02. The molecule has 1 aliphatic heterocycles. The third kappa shape index (κ3) is 3.22. The minimum Gasteiger partial charge on any atom is -0.480 e. The molecule has 1 saturated heterocycles. The molecule has 1 aliphatic rings. The number of carbonyl (C=O) groups is 2. The molecule has 19 heavy (non-hydrogen) atoms. The first-order valence-electron chi connectivity index (χ1n) is 5.89. The second kappa shape index (κ2) is 5.70. The fraction of sp³-hybridized carbons (Fsp3) is 0.545. The van der Waals surface area contributed by atoms with Crippen LogP contribution >= 0.6 is 0 Å². The maximum atomic E-state index is 11.7. The first-order valence-corrected chi connectivity index (χ1v) is 5.89. The van der Waals surface area contributed by atoms with Crippen molar-refractivity contribution < 1.29 is 24.0 Å². The molecular weight excluding hydrogens is 254 g/mol. The molecule has 0 radical (unpaired) electrons. The fourth-order valence-corrected chi connectivity index (χ4v) is 1.87. The molecule has 8 nitrogen and oxygen atoms in total. The number of hydrogen-bond donors (Lipinski definition) is 3. The Morgan fingerprint density at radius 3 is 2.74 bits per heavy atom. The molecule has 2 heterocycles. The minimum absolute atomic E-state index is 0.151. The predicted octanol–water partition coefficient (Wildman–Crippen LogP) is 0.108. The van der Waals surface area contributed by atoms with Gasteiger partial charge in [0.2, 0.25) is 0 Å². The van der Waals surface area contributed by atoms with E-state index in [2.05, 4.69) is 15.8 Å². The topological polar surface area (TPSA) is 114 Å². The van der Waals surface area contributed by atoms with Crippen LogP contribution in [0.2, 0.25) is 0 Å². The van der Waals surface area contributed by atoms with Gasteiger partial charge in [-0.25, -0.2) is 9.59 Å². The molecule has 1 aromatic rings. The van der Waals surface area contributed by atoms with Crippen molar-refractivity contribution in [2.24, 2.45) is 0 Å². The summed E-state index contributed by atoms with van der Waals surface area (Å²) in [6, 6.07) is 1.06. The van der Waals surface area contributed by atoms with Gasteiger partial charge in [0, 0.05) is 32.1 Å². The molecule has 2 rings (SSSR count). The minimum atomic E-state index is -1.26. The van der Waals surface area contributed by atoms with E-state index in [0.717, 1.165) is 0 Å². The number of urea groups is 1. The van der Waals surface area contributed by atoms with Crippen LogP contribution in [0.1, 0.15) is 18.6 Å². The van der Waals surface area contributed by atoms with Gasteiger partial charge in [0.05, 0.1) is 12.7 Å². The number of aliphatic carboxylic acids is 1. The lowest BCUT2D eigenvalue weighted by molar-refractivity contribution is -0.148. The summed E-state index contributed by atoms with van der Waals surface area (Å²) >= 11 is 0. The second-order valence-corrected chi connectivity index (χ2v) is 4.29. The fourth-order valence-electron chi connectivity index (χ4n) is 1.87. The Hall–Kier alpha value is -2.09.